The Balaban J connectivity index is 1.97. The van der Waals surface area contributed by atoms with Crippen LogP contribution in [0.4, 0.5) is 8.78 Å². The van der Waals surface area contributed by atoms with Crippen molar-refractivity contribution in [2.75, 3.05) is 13.6 Å². The first-order valence-electron chi connectivity index (χ1n) is 6.80. The van der Waals surface area contributed by atoms with Crippen LogP contribution in [0.15, 0.2) is 18.2 Å². The van der Waals surface area contributed by atoms with Crippen LogP contribution in [-0.4, -0.2) is 35.1 Å². The summed E-state index contributed by atoms with van der Waals surface area (Å²) < 4.78 is 26.3. The van der Waals surface area contributed by atoms with Gasteiger partial charge in [-0.3, -0.25) is 4.79 Å². The third-order valence-electron chi connectivity index (χ3n) is 3.85. The van der Waals surface area contributed by atoms with Gasteiger partial charge in [0.05, 0.1) is 12.0 Å². The molecule has 20 heavy (non-hydrogen) atoms. The molecule has 110 valence electrons. The molecule has 0 bridgehead atoms. The van der Waals surface area contributed by atoms with Crippen LogP contribution in [0.1, 0.15) is 31.2 Å². The molecule has 0 saturated heterocycles. The molecule has 3 nitrogen and oxygen atoms in total. The molecule has 0 aromatic heterocycles. The lowest BCUT2D eigenvalue weighted by Gasteiger charge is -2.28. The third-order valence-corrected chi connectivity index (χ3v) is 3.85. The summed E-state index contributed by atoms with van der Waals surface area (Å²) in [5, 5.41) is 10.3. The zero-order valence-electron chi connectivity index (χ0n) is 11.5. The molecule has 0 radical (unpaired) electrons. The predicted molar refractivity (Wildman–Crippen MR) is 71.1 cm³/mol. The minimum atomic E-state index is -0.814. The number of halogens is 2. The summed E-state index contributed by atoms with van der Waals surface area (Å²) in [6.45, 7) is 0.259. The first-order valence-corrected chi connectivity index (χ1v) is 6.80. The minimum Gasteiger partial charge on any atom is -0.388 e. The van der Waals surface area contributed by atoms with E-state index in [1.54, 1.807) is 7.05 Å². The Hall–Kier alpha value is -1.49. The molecule has 2 rings (SSSR count). The molecule has 1 aliphatic rings. The Labute approximate surface area is 117 Å². The molecule has 5 heteroatoms. The summed E-state index contributed by atoms with van der Waals surface area (Å²) in [5.74, 6) is -1.66. The van der Waals surface area contributed by atoms with Crippen molar-refractivity contribution in [1.29, 1.82) is 0 Å². The first kappa shape index (κ1) is 14.9. The van der Waals surface area contributed by atoms with Gasteiger partial charge < -0.3 is 10.0 Å². The van der Waals surface area contributed by atoms with Crippen LogP contribution in [0.25, 0.3) is 0 Å². The van der Waals surface area contributed by atoms with Gasteiger partial charge in [-0.2, -0.15) is 0 Å². The molecule has 0 atom stereocenters. The summed E-state index contributed by atoms with van der Waals surface area (Å²) in [5.41, 5.74) is -0.646. The predicted octanol–water partition coefficient (Wildman–Crippen LogP) is 2.27. The Morgan fingerprint density at radius 1 is 1.35 bits per heavy atom. The molecule has 1 fully saturated rings. The van der Waals surface area contributed by atoms with E-state index in [0.29, 0.717) is 12.8 Å². The van der Waals surface area contributed by atoms with Gasteiger partial charge in [0, 0.05) is 19.7 Å². The smallest absolute Gasteiger partial charge is 0.226 e. The maximum absolute atomic E-state index is 13.5. The molecule has 0 heterocycles. The second kappa shape index (κ2) is 5.87. The lowest BCUT2D eigenvalue weighted by Crippen LogP contribution is -2.42. The fraction of sp³-hybridized carbons (Fsp3) is 0.533. The Kier molecular flexibility index (Phi) is 4.38. The SMILES string of the molecule is CN(CC1(O)CCCC1)C(=O)Cc1ccc(F)cc1F. The minimum absolute atomic E-state index is 0.126. The van der Waals surface area contributed by atoms with Crippen LogP contribution in [0.3, 0.4) is 0 Å². The van der Waals surface area contributed by atoms with Crippen LogP contribution in [0, 0.1) is 11.6 Å². The van der Waals surface area contributed by atoms with E-state index in [4.69, 9.17) is 0 Å². The summed E-state index contributed by atoms with van der Waals surface area (Å²) >= 11 is 0. The fourth-order valence-electron chi connectivity index (χ4n) is 2.68. The van der Waals surface area contributed by atoms with Gasteiger partial charge in [-0.1, -0.05) is 18.9 Å². The highest BCUT2D eigenvalue weighted by atomic mass is 19.1. The van der Waals surface area contributed by atoms with Crippen molar-refractivity contribution in [2.45, 2.75) is 37.7 Å². The molecule has 0 unspecified atom stereocenters. The van der Waals surface area contributed by atoms with Crippen molar-refractivity contribution in [3.63, 3.8) is 0 Å². The third kappa shape index (κ3) is 3.54. The number of hydrogen-bond acceptors (Lipinski definition) is 2. The molecular weight excluding hydrogens is 264 g/mol. The van der Waals surface area contributed by atoms with E-state index in [9.17, 15) is 18.7 Å². The van der Waals surface area contributed by atoms with Crippen molar-refractivity contribution in [2.24, 2.45) is 0 Å². The van der Waals surface area contributed by atoms with E-state index in [-0.39, 0.29) is 24.4 Å². The highest BCUT2D eigenvalue weighted by molar-refractivity contribution is 5.78. The lowest BCUT2D eigenvalue weighted by atomic mass is 10.0. The Morgan fingerprint density at radius 2 is 2.00 bits per heavy atom. The lowest BCUT2D eigenvalue weighted by molar-refractivity contribution is -0.132. The summed E-state index contributed by atoms with van der Waals surface area (Å²) in [4.78, 5) is 13.5. The number of amides is 1. The number of likely N-dealkylation sites (N-methyl/N-ethyl adjacent to an activating group) is 1. The molecule has 1 amide bonds. The molecule has 1 N–H and O–H groups in total. The van der Waals surface area contributed by atoms with Gasteiger partial charge in [0.2, 0.25) is 5.91 Å². The van der Waals surface area contributed by atoms with E-state index in [0.717, 1.165) is 25.0 Å². The molecule has 1 aromatic carbocycles. The maximum atomic E-state index is 13.5. The van der Waals surface area contributed by atoms with Gasteiger partial charge in [-0.05, 0) is 24.5 Å². The van der Waals surface area contributed by atoms with Gasteiger partial charge in [-0.25, -0.2) is 8.78 Å². The molecule has 1 saturated carbocycles. The van der Waals surface area contributed by atoms with Gasteiger partial charge in [-0.15, -0.1) is 0 Å². The monoisotopic (exact) mass is 283 g/mol. The quantitative estimate of drug-likeness (QED) is 0.921. The van der Waals surface area contributed by atoms with Crippen LogP contribution < -0.4 is 0 Å². The number of carbonyl (C=O) groups excluding carboxylic acids is 1. The van der Waals surface area contributed by atoms with Crippen LogP contribution >= 0.6 is 0 Å². The normalized spacial score (nSPS) is 17.2. The van der Waals surface area contributed by atoms with E-state index in [1.165, 1.54) is 11.0 Å². The van der Waals surface area contributed by atoms with Crippen molar-refractivity contribution in [3.05, 3.63) is 35.4 Å². The number of carbonyl (C=O) groups is 1. The average molecular weight is 283 g/mol. The van der Waals surface area contributed by atoms with Gasteiger partial charge >= 0.3 is 0 Å². The highest BCUT2D eigenvalue weighted by Crippen LogP contribution is 2.30. The molecular formula is C15H19F2NO2. The fourth-order valence-corrected chi connectivity index (χ4v) is 2.68. The Morgan fingerprint density at radius 3 is 2.60 bits per heavy atom. The Bertz CT molecular complexity index is 499. The zero-order chi connectivity index (χ0) is 14.8. The van der Waals surface area contributed by atoms with Gasteiger partial charge in [0.25, 0.3) is 0 Å². The summed E-state index contributed by atoms with van der Waals surface area (Å²) in [7, 11) is 1.60. The number of benzene rings is 1. The van der Waals surface area contributed by atoms with E-state index in [1.807, 2.05) is 0 Å². The molecule has 1 aliphatic carbocycles. The van der Waals surface area contributed by atoms with Crippen LogP contribution in [0.5, 0.6) is 0 Å². The number of nitrogens with zero attached hydrogens (tertiary/aromatic N) is 1. The maximum Gasteiger partial charge on any atom is 0.226 e. The number of hydrogen-bond donors (Lipinski definition) is 1. The molecule has 0 spiro atoms. The standard InChI is InChI=1S/C15H19F2NO2/c1-18(10-15(20)6-2-3-7-15)14(19)8-11-4-5-12(16)9-13(11)17/h4-5,9,20H,2-3,6-8,10H2,1H3. The van der Waals surface area contributed by atoms with Crippen LogP contribution in [-0.2, 0) is 11.2 Å². The zero-order valence-corrected chi connectivity index (χ0v) is 11.5. The average Bonchev–Trinajstić information content (AvgIpc) is 2.79. The van der Waals surface area contributed by atoms with Crippen molar-refractivity contribution in [3.8, 4) is 0 Å². The van der Waals surface area contributed by atoms with Gasteiger partial charge in [0.15, 0.2) is 0 Å². The van der Waals surface area contributed by atoms with Crippen molar-refractivity contribution >= 4 is 5.91 Å². The van der Waals surface area contributed by atoms with E-state index in [2.05, 4.69) is 0 Å². The van der Waals surface area contributed by atoms with Crippen molar-refractivity contribution in [1.82, 2.24) is 4.90 Å². The number of rotatable bonds is 4. The second-order valence-corrected chi connectivity index (χ2v) is 5.59. The van der Waals surface area contributed by atoms with E-state index >= 15 is 0 Å². The van der Waals surface area contributed by atoms with Crippen molar-refractivity contribution < 1.29 is 18.7 Å². The van der Waals surface area contributed by atoms with Crippen LogP contribution in [0.2, 0.25) is 0 Å². The largest absolute Gasteiger partial charge is 0.388 e. The highest BCUT2D eigenvalue weighted by Gasteiger charge is 2.33. The van der Waals surface area contributed by atoms with E-state index < -0.39 is 17.2 Å². The van der Waals surface area contributed by atoms with Gasteiger partial charge in [0.1, 0.15) is 11.6 Å². The second-order valence-electron chi connectivity index (χ2n) is 5.59. The first-order chi connectivity index (χ1) is 9.39. The molecule has 1 aromatic rings. The topological polar surface area (TPSA) is 40.5 Å². The summed E-state index contributed by atoms with van der Waals surface area (Å²) in [6.07, 6.45) is 3.18. The number of aliphatic hydroxyl groups is 1. The molecule has 0 aliphatic heterocycles. The summed E-state index contributed by atoms with van der Waals surface area (Å²) in [6, 6.07) is 3.18.